The number of anilines is 1. The first-order valence-electron chi connectivity index (χ1n) is 10.8. The van der Waals surface area contributed by atoms with Gasteiger partial charge in [-0.05, 0) is 36.8 Å². The van der Waals surface area contributed by atoms with Gasteiger partial charge in [0.05, 0.1) is 25.6 Å². The maximum atomic E-state index is 12.7. The molecule has 176 valence electrons. The van der Waals surface area contributed by atoms with Crippen LogP contribution < -0.4 is 15.2 Å². The van der Waals surface area contributed by atoms with Crippen molar-refractivity contribution in [1.29, 1.82) is 0 Å². The van der Waals surface area contributed by atoms with Gasteiger partial charge in [0.25, 0.3) is 5.56 Å². The zero-order valence-electron chi connectivity index (χ0n) is 19.1. The zero-order chi connectivity index (χ0) is 23.4. The predicted molar refractivity (Wildman–Crippen MR) is 128 cm³/mol. The van der Waals surface area contributed by atoms with Crippen molar-refractivity contribution in [3.8, 4) is 5.75 Å². The van der Waals surface area contributed by atoms with Gasteiger partial charge in [-0.2, -0.15) is 0 Å². The highest BCUT2D eigenvalue weighted by molar-refractivity contribution is 7.20. The van der Waals surface area contributed by atoms with Crippen LogP contribution in [-0.4, -0.2) is 74.4 Å². The standard InChI is InChI=1S/C23H28N4O5S/c1-15-19-21(28)24-18(25-22(19)33-20(15)23(29)32-13-12-30-2)14-26-8-10-27(11-9-26)16-4-6-17(31-3)7-5-16/h4-7H,8-14H2,1-3H3,(H,24,25,28). The van der Waals surface area contributed by atoms with Crippen molar-refractivity contribution in [2.45, 2.75) is 13.5 Å². The van der Waals surface area contributed by atoms with E-state index in [1.807, 2.05) is 12.1 Å². The Bertz CT molecular complexity index is 1170. The van der Waals surface area contributed by atoms with Crippen LogP contribution >= 0.6 is 11.3 Å². The zero-order valence-corrected chi connectivity index (χ0v) is 19.9. The predicted octanol–water partition coefficient (Wildman–Crippen LogP) is 2.43. The van der Waals surface area contributed by atoms with Crippen molar-refractivity contribution < 1.29 is 19.0 Å². The van der Waals surface area contributed by atoms with Crippen LogP contribution in [0.1, 0.15) is 21.1 Å². The monoisotopic (exact) mass is 472 g/mol. The van der Waals surface area contributed by atoms with Gasteiger partial charge >= 0.3 is 5.97 Å². The van der Waals surface area contributed by atoms with Crippen LogP contribution in [0, 0.1) is 6.92 Å². The summed E-state index contributed by atoms with van der Waals surface area (Å²) in [5.74, 6) is 0.993. The van der Waals surface area contributed by atoms with Crippen molar-refractivity contribution in [1.82, 2.24) is 14.9 Å². The molecule has 0 unspecified atom stereocenters. The molecule has 2 aromatic heterocycles. The summed E-state index contributed by atoms with van der Waals surface area (Å²) in [7, 11) is 3.21. The number of H-pyrrole nitrogens is 1. The first kappa shape index (κ1) is 23.2. The minimum atomic E-state index is -0.455. The van der Waals surface area contributed by atoms with Gasteiger partial charge in [0, 0.05) is 39.0 Å². The van der Waals surface area contributed by atoms with E-state index >= 15 is 0 Å². The topological polar surface area (TPSA) is 97.0 Å². The summed E-state index contributed by atoms with van der Waals surface area (Å²) in [6.07, 6.45) is 0. The molecule has 0 atom stereocenters. The van der Waals surface area contributed by atoms with E-state index in [1.165, 1.54) is 17.0 Å². The van der Waals surface area contributed by atoms with Crippen LogP contribution in [-0.2, 0) is 16.0 Å². The molecule has 0 amide bonds. The lowest BCUT2D eigenvalue weighted by atomic mass is 10.2. The van der Waals surface area contributed by atoms with E-state index in [9.17, 15) is 9.59 Å². The number of rotatable bonds is 8. The Morgan fingerprint density at radius 1 is 1.12 bits per heavy atom. The number of nitrogens with one attached hydrogen (secondary N) is 1. The van der Waals surface area contributed by atoms with E-state index in [4.69, 9.17) is 14.2 Å². The number of carbonyl (C=O) groups is 1. The number of piperazine rings is 1. The Labute approximate surface area is 195 Å². The smallest absolute Gasteiger partial charge is 0.348 e. The number of carbonyl (C=O) groups excluding carboxylic acids is 1. The molecule has 1 saturated heterocycles. The van der Waals surface area contributed by atoms with Crippen LogP contribution in [0.15, 0.2) is 29.1 Å². The van der Waals surface area contributed by atoms with Gasteiger partial charge < -0.3 is 24.1 Å². The highest BCUT2D eigenvalue weighted by Gasteiger charge is 2.22. The van der Waals surface area contributed by atoms with Crippen molar-refractivity contribution in [3.05, 3.63) is 50.9 Å². The van der Waals surface area contributed by atoms with E-state index in [1.54, 1.807) is 21.1 Å². The van der Waals surface area contributed by atoms with E-state index < -0.39 is 5.97 Å². The average molecular weight is 473 g/mol. The first-order chi connectivity index (χ1) is 16.0. The lowest BCUT2D eigenvalue weighted by molar-refractivity contribution is 0.0393. The molecule has 33 heavy (non-hydrogen) atoms. The molecular formula is C23H28N4O5S. The normalized spacial score (nSPS) is 14.6. The van der Waals surface area contributed by atoms with Crippen molar-refractivity contribution in [2.24, 2.45) is 0 Å². The van der Waals surface area contributed by atoms with Crippen molar-refractivity contribution in [3.63, 3.8) is 0 Å². The van der Waals surface area contributed by atoms with Gasteiger partial charge in [-0.3, -0.25) is 9.69 Å². The SMILES string of the molecule is COCCOC(=O)c1sc2nc(CN3CCN(c4ccc(OC)cc4)CC3)[nH]c(=O)c2c1C. The molecule has 0 spiro atoms. The molecule has 4 rings (SSSR count). The first-order valence-corrected chi connectivity index (χ1v) is 11.6. The van der Waals surface area contributed by atoms with Crippen LogP contribution in [0.3, 0.4) is 0 Å². The highest BCUT2D eigenvalue weighted by atomic mass is 32.1. The Morgan fingerprint density at radius 3 is 2.52 bits per heavy atom. The number of aryl methyl sites for hydroxylation is 1. The lowest BCUT2D eigenvalue weighted by Gasteiger charge is -2.35. The summed E-state index contributed by atoms with van der Waals surface area (Å²) >= 11 is 1.20. The number of benzene rings is 1. The molecule has 0 saturated carbocycles. The quantitative estimate of drug-likeness (QED) is 0.394. The minimum Gasteiger partial charge on any atom is -0.497 e. The molecule has 1 aliphatic rings. The molecule has 1 N–H and O–H groups in total. The maximum absolute atomic E-state index is 12.7. The molecule has 0 aliphatic carbocycles. The van der Waals surface area contributed by atoms with E-state index in [0.29, 0.717) is 39.6 Å². The van der Waals surface area contributed by atoms with E-state index in [0.717, 1.165) is 31.9 Å². The number of hydrogen-bond donors (Lipinski definition) is 1. The summed E-state index contributed by atoms with van der Waals surface area (Å²) in [4.78, 5) is 38.2. The van der Waals surface area contributed by atoms with Gasteiger partial charge in [0.1, 0.15) is 27.9 Å². The second-order valence-corrected chi connectivity index (χ2v) is 8.84. The molecule has 9 nitrogen and oxygen atoms in total. The second kappa shape index (κ2) is 10.3. The Balaban J connectivity index is 1.42. The van der Waals surface area contributed by atoms with E-state index in [-0.39, 0.29) is 12.2 Å². The number of ether oxygens (including phenoxy) is 3. The number of aromatic nitrogens is 2. The van der Waals surface area contributed by atoms with Gasteiger partial charge in [0.15, 0.2) is 0 Å². The number of nitrogens with zero attached hydrogens (tertiary/aromatic N) is 3. The van der Waals surface area contributed by atoms with Crippen LogP contribution in [0.25, 0.3) is 10.2 Å². The molecular weight excluding hydrogens is 444 g/mol. The number of methoxy groups -OCH3 is 2. The summed E-state index contributed by atoms with van der Waals surface area (Å²) in [5.41, 5.74) is 1.55. The number of esters is 1. The third-order valence-electron chi connectivity index (χ3n) is 5.74. The Morgan fingerprint density at radius 2 is 1.85 bits per heavy atom. The molecule has 10 heteroatoms. The third kappa shape index (κ3) is 5.18. The summed E-state index contributed by atoms with van der Waals surface area (Å²) in [5, 5.41) is 0.451. The van der Waals surface area contributed by atoms with Crippen LogP contribution in [0.4, 0.5) is 5.69 Å². The fourth-order valence-corrected chi connectivity index (χ4v) is 5.00. The number of thiophene rings is 1. The third-order valence-corrected chi connectivity index (χ3v) is 6.90. The lowest BCUT2D eigenvalue weighted by Crippen LogP contribution is -2.46. The molecule has 1 aliphatic heterocycles. The Kier molecular flexibility index (Phi) is 7.26. The largest absolute Gasteiger partial charge is 0.497 e. The maximum Gasteiger partial charge on any atom is 0.348 e. The average Bonchev–Trinajstić information content (AvgIpc) is 3.16. The Hall–Kier alpha value is -2.95. The van der Waals surface area contributed by atoms with Gasteiger partial charge in [0.2, 0.25) is 0 Å². The van der Waals surface area contributed by atoms with E-state index in [2.05, 4.69) is 31.9 Å². The summed E-state index contributed by atoms with van der Waals surface area (Å²) in [6, 6.07) is 8.07. The van der Waals surface area contributed by atoms with Crippen molar-refractivity contribution >= 4 is 33.2 Å². The van der Waals surface area contributed by atoms with Crippen molar-refractivity contribution in [2.75, 3.05) is 58.5 Å². The molecule has 3 aromatic rings. The van der Waals surface area contributed by atoms with Crippen LogP contribution in [0.2, 0.25) is 0 Å². The van der Waals surface area contributed by atoms with Crippen LogP contribution in [0.5, 0.6) is 5.75 Å². The molecule has 0 radical (unpaired) electrons. The number of hydrogen-bond acceptors (Lipinski definition) is 9. The molecule has 1 fully saturated rings. The fourth-order valence-electron chi connectivity index (χ4n) is 3.91. The molecule has 1 aromatic carbocycles. The highest BCUT2D eigenvalue weighted by Crippen LogP contribution is 2.28. The second-order valence-electron chi connectivity index (χ2n) is 7.84. The van der Waals surface area contributed by atoms with Gasteiger partial charge in [-0.25, -0.2) is 9.78 Å². The fraction of sp³-hybridized carbons (Fsp3) is 0.435. The summed E-state index contributed by atoms with van der Waals surface area (Å²) in [6.45, 7) is 6.27. The molecule has 3 heterocycles. The molecule has 0 bridgehead atoms. The minimum absolute atomic E-state index is 0.167. The number of aromatic amines is 1. The number of fused-ring (bicyclic) bond motifs is 1. The van der Waals surface area contributed by atoms with Gasteiger partial charge in [-0.1, -0.05) is 0 Å². The van der Waals surface area contributed by atoms with Gasteiger partial charge in [-0.15, -0.1) is 11.3 Å². The summed E-state index contributed by atoms with van der Waals surface area (Å²) < 4.78 is 15.4.